The van der Waals surface area contributed by atoms with Crippen molar-refractivity contribution in [1.29, 1.82) is 0 Å². The molecule has 0 radical (unpaired) electrons. The third-order valence-electron chi connectivity index (χ3n) is 4.02. The van der Waals surface area contributed by atoms with Crippen LogP contribution in [0.25, 0.3) is 17.0 Å². The summed E-state index contributed by atoms with van der Waals surface area (Å²) in [6, 6.07) is 7.77. The fraction of sp³-hybridized carbons (Fsp3) is 0.400. The maximum absolute atomic E-state index is 12.4. The molecule has 0 atom stereocenters. The van der Waals surface area contributed by atoms with E-state index in [1.807, 2.05) is 33.7 Å². The molecule has 1 fully saturated rings. The highest BCUT2D eigenvalue weighted by Crippen LogP contribution is 2.27. The molecular weight excluding hydrogens is 342 g/mol. The summed E-state index contributed by atoms with van der Waals surface area (Å²) in [5.41, 5.74) is 1.74. The molecule has 1 amide bonds. The Hall–Kier alpha value is -2.46. The van der Waals surface area contributed by atoms with Gasteiger partial charge in [0.25, 0.3) is 5.95 Å². The molecule has 0 unspecified atom stereocenters. The van der Waals surface area contributed by atoms with Crippen LogP contribution in [0.1, 0.15) is 0 Å². The Kier molecular flexibility index (Phi) is 4.36. The average Bonchev–Trinajstić information content (AvgIpc) is 3.23. The van der Waals surface area contributed by atoms with Gasteiger partial charge in [0.05, 0.1) is 30.0 Å². The fourth-order valence-electron chi connectivity index (χ4n) is 2.74. The van der Waals surface area contributed by atoms with Crippen molar-refractivity contribution in [3.8, 4) is 5.95 Å². The van der Waals surface area contributed by atoms with Crippen molar-refractivity contribution < 1.29 is 9.53 Å². The molecule has 1 saturated heterocycles. The number of ether oxygens (including phenoxy) is 1. The van der Waals surface area contributed by atoms with Gasteiger partial charge in [0.15, 0.2) is 5.16 Å². The summed E-state index contributed by atoms with van der Waals surface area (Å²) < 4.78 is 8.76. The quantitative estimate of drug-likeness (QED) is 0.627. The number of hydrogen-bond acceptors (Lipinski definition) is 7. The largest absolute Gasteiger partial charge is 0.378 e. The molecule has 3 heterocycles. The second-order valence-electron chi connectivity index (χ2n) is 5.60. The topological polar surface area (TPSA) is 91.0 Å². The highest BCUT2D eigenvalue weighted by Gasteiger charge is 2.21. The van der Waals surface area contributed by atoms with E-state index in [0.717, 1.165) is 11.0 Å². The maximum Gasteiger partial charge on any atom is 0.256 e. The first-order valence-corrected chi connectivity index (χ1v) is 8.91. The van der Waals surface area contributed by atoms with Crippen molar-refractivity contribution in [3.05, 3.63) is 24.3 Å². The number of para-hydroxylation sites is 2. The van der Waals surface area contributed by atoms with E-state index < -0.39 is 0 Å². The summed E-state index contributed by atoms with van der Waals surface area (Å²) in [5.74, 6) is 0.965. The molecule has 0 saturated carbocycles. The molecule has 9 nitrogen and oxygen atoms in total. The predicted molar refractivity (Wildman–Crippen MR) is 91.5 cm³/mol. The van der Waals surface area contributed by atoms with Gasteiger partial charge in [0.2, 0.25) is 5.91 Å². The standard InChI is InChI=1S/C15H17N7O2S/c1-20-14(17-18-19-20)22-12-5-3-2-4-11(12)16-15(22)25-10-13(23)21-6-8-24-9-7-21/h2-5H,6-10H2,1H3. The van der Waals surface area contributed by atoms with Gasteiger partial charge < -0.3 is 9.64 Å². The van der Waals surface area contributed by atoms with Crippen LogP contribution < -0.4 is 0 Å². The number of fused-ring (bicyclic) bond motifs is 1. The number of carbonyl (C=O) groups is 1. The SMILES string of the molecule is Cn1nnnc1-n1c(SCC(=O)N2CCOCC2)nc2ccccc21. The van der Waals surface area contributed by atoms with Crippen LogP contribution in [0, 0.1) is 0 Å². The molecule has 0 aliphatic carbocycles. The number of tetrazole rings is 1. The van der Waals surface area contributed by atoms with Gasteiger partial charge >= 0.3 is 0 Å². The summed E-state index contributed by atoms with van der Waals surface area (Å²) >= 11 is 1.39. The molecule has 1 aliphatic heterocycles. The van der Waals surface area contributed by atoms with Crippen molar-refractivity contribution in [2.75, 3.05) is 32.1 Å². The van der Waals surface area contributed by atoms with Gasteiger partial charge in [-0.2, -0.15) is 0 Å². The first-order valence-electron chi connectivity index (χ1n) is 7.92. The smallest absolute Gasteiger partial charge is 0.256 e. The molecule has 1 aliphatic rings. The molecule has 2 aromatic heterocycles. The monoisotopic (exact) mass is 359 g/mol. The predicted octanol–water partition coefficient (Wildman–Crippen LogP) is 0.500. The zero-order chi connectivity index (χ0) is 17.2. The summed E-state index contributed by atoms with van der Waals surface area (Å²) in [6.45, 7) is 2.48. The van der Waals surface area contributed by atoms with E-state index in [1.54, 1.807) is 11.7 Å². The minimum Gasteiger partial charge on any atom is -0.378 e. The van der Waals surface area contributed by atoms with E-state index >= 15 is 0 Å². The van der Waals surface area contributed by atoms with Crippen LogP contribution >= 0.6 is 11.8 Å². The highest BCUT2D eigenvalue weighted by atomic mass is 32.2. The molecule has 130 valence electrons. The minimum absolute atomic E-state index is 0.0861. The van der Waals surface area contributed by atoms with Gasteiger partial charge in [-0.25, -0.2) is 9.67 Å². The molecular formula is C15H17N7O2S. The van der Waals surface area contributed by atoms with Crippen LogP contribution in [0.2, 0.25) is 0 Å². The Morgan fingerprint density at radius 2 is 2.08 bits per heavy atom. The second kappa shape index (κ2) is 6.81. The molecule has 0 bridgehead atoms. The van der Waals surface area contributed by atoms with Gasteiger partial charge in [-0.05, 0) is 22.6 Å². The number of aryl methyl sites for hydroxylation is 1. The third kappa shape index (κ3) is 3.10. The number of rotatable bonds is 4. The van der Waals surface area contributed by atoms with Crippen LogP contribution in [0.5, 0.6) is 0 Å². The lowest BCUT2D eigenvalue weighted by molar-refractivity contribution is -0.132. The number of hydrogen-bond donors (Lipinski definition) is 0. The van der Waals surface area contributed by atoms with E-state index in [-0.39, 0.29) is 5.91 Å². The normalized spacial score (nSPS) is 15.0. The molecule has 3 aromatic rings. The number of amides is 1. The number of nitrogens with zero attached hydrogens (tertiary/aromatic N) is 7. The number of aromatic nitrogens is 6. The molecule has 1 aromatic carbocycles. The summed E-state index contributed by atoms with van der Waals surface area (Å²) in [7, 11) is 1.78. The fourth-order valence-corrected chi connectivity index (χ4v) is 3.65. The van der Waals surface area contributed by atoms with Crippen molar-refractivity contribution in [3.63, 3.8) is 0 Å². The van der Waals surface area contributed by atoms with Crippen molar-refractivity contribution in [2.24, 2.45) is 7.05 Å². The van der Waals surface area contributed by atoms with Crippen LogP contribution in [0.15, 0.2) is 29.4 Å². The number of thioether (sulfide) groups is 1. The Morgan fingerprint density at radius 1 is 1.28 bits per heavy atom. The van der Waals surface area contributed by atoms with Crippen molar-refractivity contribution >= 4 is 28.7 Å². The summed E-state index contributed by atoms with van der Waals surface area (Å²) in [6.07, 6.45) is 0. The zero-order valence-electron chi connectivity index (χ0n) is 13.7. The lowest BCUT2D eigenvalue weighted by atomic mass is 10.3. The van der Waals surface area contributed by atoms with Gasteiger partial charge in [-0.1, -0.05) is 29.0 Å². The van der Waals surface area contributed by atoms with Crippen molar-refractivity contribution in [1.82, 2.24) is 34.7 Å². The van der Waals surface area contributed by atoms with Crippen LogP contribution in [-0.2, 0) is 16.6 Å². The molecule has 10 heteroatoms. The number of carbonyl (C=O) groups excluding carboxylic acids is 1. The number of morpholine rings is 1. The Balaban J connectivity index is 1.63. The van der Waals surface area contributed by atoms with Crippen molar-refractivity contribution in [2.45, 2.75) is 5.16 Å². The molecule has 0 N–H and O–H groups in total. The number of imidazole rings is 1. The lowest BCUT2D eigenvalue weighted by Gasteiger charge is -2.26. The Morgan fingerprint density at radius 3 is 2.84 bits per heavy atom. The van der Waals surface area contributed by atoms with Gasteiger partial charge in [0.1, 0.15) is 0 Å². The first-order chi connectivity index (χ1) is 12.2. The summed E-state index contributed by atoms with van der Waals surface area (Å²) in [5, 5.41) is 12.4. The third-order valence-corrected chi connectivity index (χ3v) is 4.94. The molecule has 25 heavy (non-hydrogen) atoms. The highest BCUT2D eigenvalue weighted by molar-refractivity contribution is 7.99. The van der Waals surface area contributed by atoms with E-state index in [9.17, 15) is 4.79 Å². The zero-order valence-corrected chi connectivity index (χ0v) is 14.5. The minimum atomic E-state index is 0.0861. The number of benzene rings is 1. The summed E-state index contributed by atoms with van der Waals surface area (Å²) in [4.78, 5) is 18.9. The maximum atomic E-state index is 12.4. The van der Waals surface area contributed by atoms with Crippen LogP contribution in [0.3, 0.4) is 0 Å². The van der Waals surface area contributed by atoms with Gasteiger partial charge in [-0.15, -0.1) is 0 Å². The van der Waals surface area contributed by atoms with Gasteiger partial charge in [-0.3, -0.25) is 9.36 Å². The Bertz CT molecular complexity index is 900. The average molecular weight is 359 g/mol. The second-order valence-corrected chi connectivity index (χ2v) is 6.55. The van der Waals surface area contributed by atoms with Crippen LogP contribution in [-0.4, -0.2) is 72.6 Å². The van der Waals surface area contributed by atoms with Crippen LogP contribution in [0.4, 0.5) is 0 Å². The van der Waals surface area contributed by atoms with E-state index in [1.165, 1.54) is 11.8 Å². The molecule has 4 rings (SSSR count). The Labute approximate surface area is 147 Å². The van der Waals surface area contributed by atoms with E-state index in [2.05, 4.69) is 20.5 Å². The lowest BCUT2D eigenvalue weighted by Crippen LogP contribution is -2.41. The van der Waals surface area contributed by atoms with E-state index in [0.29, 0.717) is 43.2 Å². The van der Waals surface area contributed by atoms with E-state index in [4.69, 9.17) is 4.74 Å². The van der Waals surface area contributed by atoms with Gasteiger partial charge in [0, 0.05) is 20.1 Å². The molecule has 0 spiro atoms. The first kappa shape index (κ1) is 16.0.